The van der Waals surface area contributed by atoms with E-state index in [-0.39, 0.29) is 5.91 Å². The van der Waals surface area contributed by atoms with Gasteiger partial charge in [-0.25, -0.2) is 9.97 Å². The number of nitrogens with zero attached hydrogens (tertiary/aromatic N) is 2. The average Bonchev–Trinajstić information content (AvgIpc) is 2.39. The summed E-state index contributed by atoms with van der Waals surface area (Å²) in [5.74, 6) is 0.595. The van der Waals surface area contributed by atoms with Crippen LogP contribution in [0.5, 0.6) is 0 Å². The topological polar surface area (TPSA) is 54.9 Å². The zero-order valence-corrected chi connectivity index (χ0v) is 11.3. The Morgan fingerprint density at radius 3 is 2.16 bits per heavy atom. The van der Waals surface area contributed by atoms with E-state index in [0.717, 1.165) is 5.56 Å². The number of carbonyl (C=O) groups is 1. The highest BCUT2D eigenvalue weighted by molar-refractivity contribution is 5.94. The number of anilines is 1. The molecule has 0 saturated heterocycles. The van der Waals surface area contributed by atoms with Gasteiger partial charge in [0, 0.05) is 11.0 Å². The van der Waals surface area contributed by atoms with Gasteiger partial charge in [0.1, 0.15) is 0 Å². The van der Waals surface area contributed by atoms with Gasteiger partial charge in [0.05, 0.1) is 18.1 Å². The first kappa shape index (κ1) is 13.2. The summed E-state index contributed by atoms with van der Waals surface area (Å²) >= 11 is 0. The largest absolute Gasteiger partial charge is 0.323 e. The van der Waals surface area contributed by atoms with Crippen LogP contribution in [0.25, 0.3) is 11.4 Å². The first-order chi connectivity index (χ1) is 8.97. The third kappa shape index (κ3) is 3.37. The highest BCUT2D eigenvalue weighted by Gasteiger charge is 2.21. The summed E-state index contributed by atoms with van der Waals surface area (Å²) in [6.07, 6.45) is 3.25. The van der Waals surface area contributed by atoms with Crippen LogP contribution in [0, 0.1) is 5.41 Å². The van der Waals surface area contributed by atoms with Crippen LogP contribution in [-0.4, -0.2) is 15.9 Å². The van der Waals surface area contributed by atoms with Crippen molar-refractivity contribution in [3.05, 3.63) is 42.7 Å². The number of amides is 1. The fourth-order valence-electron chi connectivity index (χ4n) is 1.45. The molecule has 0 bridgehead atoms. The second-order valence-electron chi connectivity index (χ2n) is 5.37. The maximum Gasteiger partial charge on any atom is 0.229 e. The lowest BCUT2D eigenvalue weighted by molar-refractivity contribution is -0.123. The molecule has 0 atom stereocenters. The van der Waals surface area contributed by atoms with E-state index in [1.165, 1.54) is 0 Å². The second kappa shape index (κ2) is 5.18. The molecule has 0 spiro atoms. The van der Waals surface area contributed by atoms with E-state index in [1.807, 2.05) is 51.1 Å². The number of hydrogen-bond acceptors (Lipinski definition) is 3. The van der Waals surface area contributed by atoms with Gasteiger partial charge < -0.3 is 5.32 Å². The van der Waals surface area contributed by atoms with E-state index >= 15 is 0 Å². The summed E-state index contributed by atoms with van der Waals surface area (Å²) < 4.78 is 0. The van der Waals surface area contributed by atoms with Crippen molar-refractivity contribution in [1.29, 1.82) is 0 Å². The zero-order chi connectivity index (χ0) is 13.9. The molecule has 1 aromatic heterocycles. The summed E-state index contributed by atoms with van der Waals surface area (Å²) in [6.45, 7) is 5.59. The fraction of sp³-hybridized carbons (Fsp3) is 0.267. The standard InChI is InChI=1S/C15H17N3O/c1-15(2,3)14(19)18-12-9-16-13(17-10-12)11-7-5-4-6-8-11/h4-10H,1-3H3,(H,18,19). The Balaban J connectivity index is 2.14. The molecule has 1 aromatic carbocycles. The molecule has 0 aliphatic carbocycles. The molecule has 0 radical (unpaired) electrons. The quantitative estimate of drug-likeness (QED) is 0.897. The van der Waals surface area contributed by atoms with Gasteiger partial charge in [-0.3, -0.25) is 4.79 Å². The van der Waals surface area contributed by atoms with Gasteiger partial charge in [0.2, 0.25) is 5.91 Å². The van der Waals surface area contributed by atoms with Crippen molar-refractivity contribution in [2.45, 2.75) is 20.8 Å². The van der Waals surface area contributed by atoms with E-state index in [2.05, 4.69) is 15.3 Å². The Morgan fingerprint density at radius 2 is 1.63 bits per heavy atom. The Kier molecular flexibility index (Phi) is 3.60. The first-order valence-electron chi connectivity index (χ1n) is 6.16. The van der Waals surface area contributed by atoms with E-state index < -0.39 is 5.41 Å². The number of benzene rings is 1. The molecule has 0 unspecified atom stereocenters. The maximum absolute atomic E-state index is 11.8. The number of rotatable bonds is 2. The van der Waals surface area contributed by atoms with Crippen LogP contribution in [0.1, 0.15) is 20.8 Å². The summed E-state index contributed by atoms with van der Waals surface area (Å²) in [4.78, 5) is 20.3. The Bertz CT molecular complexity index is 556. The van der Waals surface area contributed by atoms with Crippen LogP contribution in [0.15, 0.2) is 42.7 Å². The van der Waals surface area contributed by atoms with E-state index in [9.17, 15) is 4.79 Å². The van der Waals surface area contributed by atoms with Crippen molar-refractivity contribution in [1.82, 2.24) is 9.97 Å². The van der Waals surface area contributed by atoms with E-state index in [1.54, 1.807) is 12.4 Å². The Labute approximate surface area is 112 Å². The zero-order valence-electron chi connectivity index (χ0n) is 11.3. The molecule has 0 aliphatic heterocycles. The van der Waals surface area contributed by atoms with Crippen molar-refractivity contribution in [3.8, 4) is 11.4 Å². The fourth-order valence-corrected chi connectivity index (χ4v) is 1.45. The van der Waals surface area contributed by atoms with Gasteiger partial charge in [-0.2, -0.15) is 0 Å². The van der Waals surface area contributed by atoms with Gasteiger partial charge in [-0.05, 0) is 0 Å². The van der Waals surface area contributed by atoms with E-state index in [4.69, 9.17) is 0 Å². The lowest BCUT2D eigenvalue weighted by atomic mass is 9.96. The van der Waals surface area contributed by atoms with Crippen molar-refractivity contribution in [3.63, 3.8) is 0 Å². The molecule has 4 heteroatoms. The molecule has 0 saturated carbocycles. The van der Waals surface area contributed by atoms with Crippen molar-refractivity contribution >= 4 is 11.6 Å². The van der Waals surface area contributed by atoms with Crippen molar-refractivity contribution in [2.24, 2.45) is 5.41 Å². The molecule has 19 heavy (non-hydrogen) atoms. The summed E-state index contributed by atoms with van der Waals surface area (Å²) in [5.41, 5.74) is 1.13. The van der Waals surface area contributed by atoms with Gasteiger partial charge in [-0.15, -0.1) is 0 Å². The molecule has 98 valence electrons. The molecule has 2 rings (SSSR count). The number of hydrogen-bond donors (Lipinski definition) is 1. The Morgan fingerprint density at radius 1 is 1.05 bits per heavy atom. The normalized spacial score (nSPS) is 11.1. The molecule has 1 heterocycles. The highest BCUT2D eigenvalue weighted by Crippen LogP contribution is 2.18. The molecule has 4 nitrogen and oxygen atoms in total. The third-order valence-electron chi connectivity index (χ3n) is 2.62. The molecular formula is C15H17N3O. The average molecular weight is 255 g/mol. The predicted octanol–water partition coefficient (Wildman–Crippen LogP) is 3.13. The van der Waals surface area contributed by atoms with E-state index in [0.29, 0.717) is 11.5 Å². The number of nitrogens with one attached hydrogen (secondary N) is 1. The monoisotopic (exact) mass is 255 g/mol. The van der Waals surface area contributed by atoms with Crippen LogP contribution >= 0.6 is 0 Å². The summed E-state index contributed by atoms with van der Waals surface area (Å²) in [6, 6.07) is 9.72. The van der Waals surface area contributed by atoms with Crippen LogP contribution in [-0.2, 0) is 4.79 Å². The third-order valence-corrected chi connectivity index (χ3v) is 2.62. The SMILES string of the molecule is CC(C)(C)C(=O)Nc1cnc(-c2ccccc2)nc1. The number of carbonyl (C=O) groups excluding carboxylic acids is 1. The predicted molar refractivity (Wildman–Crippen MR) is 75.6 cm³/mol. The molecule has 2 aromatic rings. The Hall–Kier alpha value is -2.23. The van der Waals surface area contributed by atoms with Crippen LogP contribution < -0.4 is 5.32 Å². The number of aromatic nitrogens is 2. The van der Waals surface area contributed by atoms with Gasteiger partial charge >= 0.3 is 0 Å². The molecule has 1 amide bonds. The van der Waals surface area contributed by atoms with Gasteiger partial charge in [0.15, 0.2) is 5.82 Å². The summed E-state index contributed by atoms with van der Waals surface area (Å²) in [7, 11) is 0. The van der Waals surface area contributed by atoms with Crippen LogP contribution in [0.2, 0.25) is 0 Å². The van der Waals surface area contributed by atoms with Crippen molar-refractivity contribution in [2.75, 3.05) is 5.32 Å². The molecule has 0 aliphatic rings. The van der Waals surface area contributed by atoms with Crippen LogP contribution in [0.3, 0.4) is 0 Å². The molecule has 0 fully saturated rings. The minimum Gasteiger partial charge on any atom is -0.323 e. The van der Waals surface area contributed by atoms with Gasteiger partial charge in [0.25, 0.3) is 0 Å². The molecular weight excluding hydrogens is 238 g/mol. The maximum atomic E-state index is 11.8. The van der Waals surface area contributed by atoms with Crippen molar-refractivity contribution < 1.29 is 4.79 Å². The summed E-state index contributed by atoms with van der Waals surface area (Å²) in [5, 5.41) is 2.80. The molecule has 1 N–H and O–H groups in total. The van der Waals surface area contributed by atoms with Crippen LogP contribution in [0.4, 0.5) is 5.69 Å². The van der Waals surface area contributed by atoms with Gasteiger partial charge in [-0.1, -0.05) is 51.1 Å². The lowest BCUT2D eigenvalue weighted by Gasteiger charge is -2.17. The lowest BCUT2D eigenvalue weighted by Crippen LogP contribution is -2.27. The first-order valence-corrected chi connectivity index (χ1v) is 6.16. The second-order valence-corrected chi connectivity index (χ2v) is 5.37. The minimum absolute atomic E-state index is 0.0523. The minimum atomic E-state index is -0.432. The highest BCUT2D eigenvalue weighted by atomic mass is 16.2. The smallest absolute Gasteiger partial charge is 0.229 e.